The summed E-state index contributed by atoms with van der Waals surface area (Å²) in [6.07, 6.45) is 1.38. The minimum absolute atomic E-state index is 0.347. The summed E-state index contributed by atoms with van der Waals surface area (Å²) in [5.41, 5.74) is 2.56. The summed E-state index contributed by atoms with van der Waals surface area (Å²) in [7, 11) is 0. The largest absolute Gasteiger partial charge is 0.447 e. The maximum Gasteiger partial charge on any atom is 0.408 e. The number of nitriles is 1. The van der Waals surface area contributed by atoms with Crippen LogP contribution in [0.1, 0.15) is 23.1 Å². The molecular formula is C12H10N2O2. The van der Waals surface area contributed by atoms with Crippen LogP contribution in [0.15, 0.2) is 18.2 Å². The SMILES string of the molecule is N#Cc1ccc2c(c1)CCC21COC(=O)N1. The first kappa shape index (κ1) is 9.22. The van der Waals surface area contributed by atoms with Gasteiger partial charge in [0.1, 0.15) is 12.1 Å². The third-order valence-corrected chi connectivity index (χ3v) is 3.36. The third kappa shape index (κ3) is 1.12. The van der Waals surface area contributed by atoms with Crippen LogP contribution in [0.25, 0.3) is 0 Å². The fourth-order valence-electron chi connectivity index (χ4n) is 2.56. The van der Waals surface area contributed by atoms with Gasteiger partial charge < -0.3 is 10.1 Å². The van der Waals surface area contributed by atoms with Crippen LogP contribution in [-0.2, 0) is 16.7 Å². The monoisotopic (exact) mass is 214 g/mol. The van der Waals surface area contributed by atoms with Crippen LogP contribution in [0.4, 0.5) is 4.79 Å². The molecule has 4 nitrogen and oxygen atoms in total. The Morgan fingerprint density at radius 1 is 1.50 bits per heavy atom. The number of aryl methyl sites for hydroxylation is 1. The summed E-state index contributed by atoms with van der Waals surface area (Å²) < 4.78 is 4.99. The van der Waals surface area contributed by atoms with E-state index in [0.29, 0.717) is 12.2 Å². The van der Waals surface area contributed by atoms with Crippen molar-refractivity contribution < 1.29 is 9.53 Å². The highest BCUT2D eigenvalue weighted by Crippen LogP contribution is 2.39. The van der Waals surface area contributed by atoms with Crippen LogP contribution in [0, 0.1) is 11.3 Å². The predicted molar refractivity (Wildman–Crippen MR) is 55.6 cm³/mol. The van der Waals surface area contributed by atoms with Crippen molar-refractivity contribution >= 4 is 6.09 Å². The van der Waals surface area contributed by atoms with Gasteiger partial charge in [-0.05, 0) is 36.1 Å². The number of cyclic esters (lactones) is 1. The second-order valence-electron chi connectivity index (χ2n) is 4.27. The summed E-state index contributed by atoms with van der Waals surface area (Å²) in [5.74, 6) is 0. The van der Waals surface area contributed by atoms with Gasteiger partial charge in [-0.2, -0.15) is 5.26 Å². The second-order valence-corrected chi connectivity index (χ2v) is 4.27. The van der Waals surface area contributed by atoms with Crippen molar-refractivity contribution in [1.29, 1.82) is 5.26 Å². The fraction of sp³-hybridized carbons (Fsp3) is 0.333. The Balaban J connectivity index is 2.07. The highest BCUT2D eigenvalue weighted by Gasteiger charge is 2.45. The standard InChI is InChI=1S/C12H10N2O2/c13-6-8-1-2-10-9(5-8)3-4-12(10)7-16-11(15)14-12/h1-2,5H,3-4,7H2,(H,14,15). The zero-order chi connectivity index (χ0) is 11.2. The molecule has 1 saturated heterocycles. The van der Waals surface area contributed by atoms with Crippen molar-refractivity contribution in [3.8, 4) is 6.07 Å². The van der Waals surface area contributed by atoms with E-state index >= 15 is 0 Å². The Hall–Kier alpha value is -2.02. The van der Waals surface area contributed by atoms with Crippen molar-refractivity contribution in [3.63, 3.8) is 0 Å². The number of carbonyl (C=O) groups is 1. The highest BCUT2D eigenvalue weighted by atomic mass is 16.6. The van der Waals surface area contributed by atoms with E-state index in [1.807, 2.05) is 12.1 Å². The predicted octanol–water partition coefficient (Wildman–Crippen LogP) is 1.44. The molecule has 1 heterocycles. The molecule has 1 N–H and O–H groups in total. The molecule has 16 heavy (non-hydrogen) atoms. The van der Waals surface area contributed by atoms with E-state index in [1.165, 1.54) is 0 Å². The van der Waals surface area contributed by atoms with Gasteiger partial charge in [-0.3, -0.25) is 0 Å². The minimum atomic E-state index is -0.350. The zero-order valence-electron chi connectivity index (χ0n) is 8.62. The summed E-state index contributed by atoms with van der Waals surface area (Å²) in [6.45, 7) is 0.394. The van der Waals surface area contributed by atoms with Crippen LogP contribution < -0.4 is 5.32 Å². The Bertz CT molecular complexity index is 518. The molecule has 1 atom stereocenters. The summed E-state index contributed by atoms with van der Waals surface area (Å²) in [5, 5.41) is 11.7. The molecule has 1 aliphatic heterocycles. The van der Waals surface area contributed by atoms with Gasteiger partial charge in [0.2, 0.25) is 0 Å². The molecular weight excluding hydrogens is 204 g/mol. The van der Waals surface area contributed by atoms with Crippen molar-refractivity contribution in [3.05, 3.63) is 34.9 Å². The van der Waals surface area contributed by atoms with Crippen molar-refractivity contribution in [2.75, 3.05) is 6.61 Å². The molecule has 1 unspecified atom stereocenters. The molecule has 1 amide bonds. The van der Waals surface area contributed by atoms with E-state index in [4.69, 9.17) is 10.00 Å². The molecule has 2 aliphatic rings. The topological polar surface area (TPSA) is 62.1 Å². The molecule has 0 aromatic heterocycles. The third-order valence-electron chi connectivity index (χ3n) is 3.36. The lowest BCUT2D eigenvalue weighted by Gasteiger charge is -2.21. The number of nitrogens with zero attached hydrogens (tertiary/aromatic N) is 1. The molecule has 80 valence electrons. The van der Waals surface area contributed by atoms with Gasteiger partial charge in [0, 0.05) is 0 Å². The molecule has 1 aliphatic carbocycles. The average molecular weight is 214 g/mol. The van der Waals surface area contributed by atoms with Crippen LogP contribution in [-0.4, -0.2) is 12.7 Å². The highest BCUT2D eigenvalue weighted by molar-refractivity contribution is 5.72. The van der Waals surface area contributed by atoms with Crippen molar-refractivity contribution in [1.82, 2.24) is 5.32 Å². The van der Waals surface area contributed by atoms with Gasteiger partial charge in [0.05, 0.1) is 11.6 Å². The molecule has 0 bridgehead atoms. The van der Waals surface area contributed by atoms with Crippen LogP contribution in [0.2, 0.25) is 0 Å². The Kier molecular flexibility index (Phi) is 1.72. The number of benzene rings is 1. The van der Waals surface area contributed by atoms with Crippen LogP contribution in [0.5, 0.6) is 0 Å². The van der Waals surface area contributed by atoms with E-state index in [9.17, 15) is 4.79 Å². The normalized spacial score (nSPS) is 26.1. The number of hydrogen-bond acceptors (Lipinski definition) is 3. The summed E-state index contributed by atoms with van der Waals surface area (Å²) in [4.78, 5) is 11.2. The molecule has 0 radical (unpaired) electrons. The quantitative estimate of drug-likeness (QED) is 0.710. The first-order valence-corrected chi connectivity index (χ1v) is 5.22. The van der Waals surface area contributed by atoms with Gasteiger partial charge in [0.15, 0.2) is 0 Å². The van der Waals surface area contributed by atoms with E-state index < -0.39 is 0 Å². The lowest BCUT2D eigenvalue weighted by molar-refractivity contribution is 0.172. The first-order chi connectivity index (χ1) is 7.73. The average Bonchev–Trinajstić information content (AvgIpc) is 2.85. The first-order valence-electron chi connectivity index (χ1n) is 5.22. The van der Waals surface area contributed by atoms with Crippen LogP contribution in [0.3, 0.4) is 0 Å². The number of nitrogens with one attached hydrogen (secondary N) is 1. The van der Waals surface area contributed by atoms with E-state index in [1.54, 1.807) is 6.07 Å². The Morgan fingerprint density at radius 3 is 3.06 bits per heavy atom. The molecule has 1 aromatic carbocycles. The van der Waals surface area contributed by atoms with Crippen LogP contribution >= 0.6 is 0 Å². The summed E-state index contributed by atoms with van der Waals surface area (Å²) in [6, 6.07) is 7.74. The smallest absolute Gasteiger partial charge is 0.408 e. The number of alkyl carbamates (subject to hydrolysis) is 1. The van der Waals surface area contributed by atoms with Gasteiger partial charge in [-0.15, -0.1) is 0 Å². The number of ether oxygens (including phenoxy) is 1. The molecule has 0 saturated carbocycles. The molecule has 1 fully saturated rings. The number of carbonyl (C=O) groups excluding carboxylic acids is 1. The van der Waals surface area contributed by atoms with Crippen molar-refractivity contribution in [2.24, 2.45) is 0 Å². The maximum atomic E-state index is 11.2. The van der Waals surface area contributed by atoms with Crippen molar-refractivity contribution in [2.45, 2.75) is 18.4 Å². The number of hydrogen-bond donors (Lipinski definition) is 1. The molecule has 1 aromatic rings. The molecule has 3 rings (SSSR count). The summed E-state index contributed by atoms with van der Waals surface area (Å²) >= 11 is 0. The Morgan fingerprint density at radius 2 is 2.38 bits per heavy atom. The number of fused-ring (bicyclic) bond motifs is 2. The molecule has 1 spiro atoms. The minimum Gasteiger partial charge on any atom is -0.447 e. The van der Waals surface area contributed by atoms with E-state index in [-0.39, 0.29) is 11.6 Å². The molecule has 4 heteroatoms. The Labute approximate surface area is 92.8 Å². The maximum absolute atomic E-state index is 11.2. The number of amides is 1. The van der Waals surface area contributed by atoms with Gasteiger partial charge >= 0.3 is 6.09 Å². The second kappa shape index (κ2) is 2.99. The fourth-order valence-corrected chi connectivity index (χ4v) is 2.56. The number of rotatable bonds is 0. The lowest BCUT2D eigenvalue weighted by Crippen LogP contribution is -2.38. The van der Waals surface area contributed by atoms with E-state index in [0.717, 1.165) is 24.0 Å². The van der Waals surface area contributed by atoms with Gasteiger partial charge in [-0.1, -0.05) is 6.07 Å². The van der Waals surface area contributed by atoms with E-state index in [2.05, 4.69) is 11.4 Å². The lowest BCUT2D eigenvalue weighted by atomic mass is 9.93. The van der Waals surface area contributed by atoms with Gasteiger partial charge in [0.25, 0.3) is 0 Å². The zero-order valence-corrected chi connectivity index (χ0v) is 8.62. The van der Waals surface area contributed by atoms with Gasteiger partial charge in [-0.25, -0.2) is 4.79 Å².